The van der Waals surface area contributed by atoms with Gasteiger partial charge >= 0.3 is 5.76 Å². The Kier molecular flexibility index (Phi) is 1.79. The smallest absolute Gasteiger partial charge is 0.407 e. The van der Waals surface area contributed by atoms with Crippen molar-refractivity contribution in [3.05, 3.63) is 45.2 Å². The lowest BCUT2D eigenvalue weighted by Crippen LogP contribution is -2.28. The Balaban J connectivity index is 2.72. The van der Waals surface area contributed by atoms with E-state index in [9.17, 15) is 9.59 Å². The van der Waals surface area contributed by atoms with E-state index in [4.69, 9.17) is 4.42 Å². The molecular weight excluding hydrogens is 226 g/mol. The van der Waals surface area contributed by atoms with Gasteiger partial charge in [-0.1, -0.05) is 12.1 Å². The molecular formula is C11H7NO3S. The van der Waals surface area contributed by atoms with Crippen molar-refractivity contribution in [3.63, 3.8) is 0 Å². The van der Waals surface area contributed by atoms with E-state index in [1.54, 1.807) is 0 Å². The summed E-state index contributed by atoms with van der Waals surface area (Å²) in [5.74, 6) is -0.624. The lowest BCUT2D eigenvalue weighted by molar-refractivity contribution is 0.488. The van der Waals surface area contributed by atoms with Gasteiger partial charge in [0.25, 0.3) is 5.56 Å². The number of fused-ring (bicyclic) bond motifs is 3. The van der Waals surface area contributed by atoms with Gasteiger partial charge in [0.15, 0.2) is 5.58 Å². The van der Waals surface area contributed by atoms with Crippen LogP contribution < -0.4 is 11.3 Å². The summed E-state index contributed by atoms with van der Waals surface area (Å²) in [5, 5.41) is 0.817. The van der Waals surface area contributed by atoms with E-state index in [-0.39, 0.29) is 5.56 Å². The van der Waals surface area contributed by atoms with Gasteiger partial charge < -0.3 is 4.42 Å². The molecule has 5 heteroatoms. The van der Waals surface area contributed by atoms with Gasteiger partial charge in [-0.3, -0.25) is 4.79 Å². The third-order valence-electron chi connectivity index (χ3n) is 2.51. The summed E-state index contributed by atoms with van der Waals surface area (Å²) in [5.41, 5.74) is 0.0983. The molecule has 2 aromatic heterocycles. The molecule has 80 valence electrons. The number of thiophene rings is 1. The SMILES string of the molecule is Cn1c(=O)oc2c(sc3ccccc32)c1=O. The Bertz CT molecular complexity index is 809. The molecule has 0 aliphatic heterocycles. The van der Waals surface area contributed by atoms with Crippen LogP contribution in [-0.4, -0.2) is 4.57 Å². The normalized spacial score (nSPS) is 11.3. The molecule has 2 heterocycles. The summed E-state index contributed by atoms with van der Waals surface area (Å²) in [7, 11) is 1.41. The third-order valence-corrected chi connectivity index (χ3v) is 3.65. The van der Waals surface area contributed by atoms with Crippen molar-refractivity contribution >= 4 is 31.7 Å². The van der Waals surface area contributed by atoms with Crippen LogP contribution in [0.4, 0.5) is 0 Å². The fourth-order valence-corrected chi connectivity index (χ4v) is 2.76. The van der Waals surface area contributed by atoms with Gasteiger partial charge in [0.1, 0.15) is 4.70 Å². The first kappa shape index (κ1) is 9.35. The summed E-state index contributed by atoms with van der Waals surface area (Å²) in [6.07, 6.45) is 0. The van der Waals surface area contributed by atoms with Crippen molar-refractivity contribution in [2.45, 2.75) is 0 Å². The van der Waals surface area contributed by atoms with E-state index in [0.29, 0.717) is 10.3 Å². The van der Waals surface area contributed by atoms with E-state index in [1.807, 2.05) is 24.3 Å². The predicted octanol–water partition coefficient (Wildman–Crippen LogP) is 1.71. The van der Waals surface area contributed by atoms with Gasteiger partial charge in [0, 0.05) is 17.1 Å². The summed E-state index contributed by atoms with van der Waals surface area (Å²) in [6.45, 7) is 0. The average molecular weight is 233 g/mol. The number of benzene rings is 1. The molecule has 0 aliphatic rings. The Labute approximate surface area is 93.4 Å². The lowest BCUT2D eigenvalue weighted by Gasteiger charge is -1.93. The standard InChI is InChI=1S/C11H7NO3S/c1-12-10(13)9-8(15-11(12)14)6-4-2-3-5-7(6)16-9/h2-5H,1H3. The molecule has 1 aromatic carbocycles. The van der Waals surface area contributed by atoms with Crippen molar-refractivity contribution in [1.29, 1.82) is 0 Å². The van der Waals surface area contributed by atoms with Crippen LogP contribution in [-0.2, 0) is 7.05 Å². The van der Waals surface area contributed by atoms with Crippen LogP contribution in [0.5, 0.6) is 0 Å². The fourth-order valence-electron chi connectivity index (χ4n) is 1.65. The maximum Gasteiger partial charge on any atom is 0.422 e. The molecule has 0 atom stereocenters. The highest BCUT2D eigenvalue weighted by atomic mass is 32.1. The Morgan fingerprint density at radius 1 is 1.25 bits per heavy atom. The van der Waals surface area contributed by atoms with E-state index >= 15 is 0 Å². The van der Waals surface area contributed by atoms with Gasteiger partial charge in [-0.25, -0.2) is 9.36 Å². The molecule has 0 saturated heterocycles. The zero-order valence-electron chi connectivity index (χ0n) is 8.39. The fraction of sp³-hybridized carbons (Fsp3) is 0.0909. The number of rotatable bonds is 0. The Hall–Kier alpha value is -1.88. The average Bonchev–Trinajstić information content (AvgIpc) is 2.65. The minimum absolute atomic E-state index is 0.299. The van der Waals surface area contributed by atoms with Gasteiger partial charge in [-0.2, -0.15) is 0 Å². The molecule has 0 unspecified atom stereocenters. The van der Waals surface area contributed by atoms with Crippen molar-refractivity contribution in [3.8, 4) is 0 Å². The van der Waals surface area contributed by atoms with E-state index < -0.39 is 5.76 Å². The topological polar surface area (TPSA) is 52.2 Å². The first-order valence-electron chi connectivity index (χ1n) is 4.70. The highest BCUT2D eigenvalue weighted by Gasteiger charge is 2.12. The molecule has 0 radical (unpaired) electrons. The van der Waals surface area contributed by atoms with Crippen LogP contribution in [0, 0.1) is 0 Å². The van der Waals surface area contributed by atoms with Gasteiger partial charge in [0.2, 0.25) is 0 Å². The minimum Gasteiger partial charge on any atom is -0.407 e. The maximum atomic E-state index is 11.8. The zero-order chi connectivity index (χ0) is 11.3. The van der Waals surface area contributed by atoms with E-state index in [1.165, 1.54) is 18.4 Å². The molecule has 0 fully saturated rings. The Morgan fingerprint density at radius 3 is 2.81 bits per heavy atom. The van der Waals surface area contributed by atoms with Crippen LogP contribution in [0.1, 0.15) is 0 Å². The van der Waals surface area contributed by atoms with Crippen molar-refractivity contribution in [2.24, 2.45) is 7.05 Å². The molecule has 0 aliphatic carbocycles. The first-order chi connectivity index (χ1) is 7.68. The predicted molar refractivity (Wildman–Crippen MR) is 63.1 cm³/mol. The second kappa shape index (κ2) is 3.05. The molecule has 16 heavy (non-hydrogen) atoms. The highest BCUT2D eigenvalue weighted by Crippen LogP contribution is 2.30. The minimum atomic E-state index is -0.624. The quantitative estimate of drug-likeness (QED) is 0.594. The Morgan fingerprint density at radius 2 is 2.00 bits per heavy atom. The van der Waals surface area contributed by atoms with Crippen LogP contribution in [0.3, 0.4) is 0 Å². The summed E-state index contributed by atoms with van der Waals surface area (Å²) >= 11 is 1.35. The molecule has 0 amide bonds. The molecule has 0 bridgehead atoms. The zero-order valence-corrected chi connectivity index (χ0v) is 9.21. The number of hydrogen-bond donors (Lipinski definition) is 0. The number of hydrogen-bond acceptors (Lipinski definition) is 4. The van der Waals surface area contributed by atoms with E-state index in [0.717, 1.165) is 14.7 Å². The number of aromatic nitrogens is 1. The van der Waals surface area contributed by atoms with Crippen LogP contribution >= 0.6 is 11.3 Å². The highest BCUT2D eigenvalue weighted by molar-refractivity contribution is 7.25. The van der Waals surface area contributed by atoms with Gasteiger partial charge in [-0.15, -0.1) is 11.3 Å². The second-order valence-electron chi connectivity index (χ2n) is 3.49. The van der Waals surface area contributed by atoms with E-state index in [2.05, 4.69) is 0 Å². The second-order valence-corrected chi connectivity index (χ2v) is 4.54. The third kappa shape index (κ3) is 1.09. The summed E-state index contributed by atoms with van der Waals surface area (Å²) in [4.78, 5) is 23.2. The van der Waals surface area contributed by atoms with Crippen molar-refractivity contribution < 1.29 is 4.42 Å². The van der Waals surface area contributed by atoms with Crippen molar-refractivity contribution in [1.82, 2.24) is 4.57 Å². The number of nitrogens with zero attached hydrogens (tertiary/aromatic N) is 1. The lowest BCUT2D eigenvalue weighted by atomic mass is 10.2. The monoisotopic (exact) mass is 233 g/mol. The summed E-state index contributed by atoms with van der Waals surface area (Å²) in [6, 6.07) is 7.49. The van der Waals surface area contributed by atoms with Gasteiger partial charge in [-0.05, 0) is 12.1 Å². The molecule has 0 spiro atoms. The maximum absolute atomic E-state index is 11.8. The summed E-state index contributed by atoms with van der Waals surface area (Å²) < 4.78 is 7.57. The molecule has 3 rings (SSSR count). The molecule has 3 aromatic rings. The molecule has 0 saturated carbocycles. The van der Waals surface area contributed by atoms with Crippen molar-refractivity contribution in [2.75, 3.05) is 0 Å². The molecule has 0 N–H and O–H groups in total. The molecule has 4 nitrogen and oxygen atoms in total. The largest absolute Gasteiger partial charge is 0.422 e. The van der Waals surface area contributed by atoms with Gasteiger partial charge in [0.05, 0.1) is 0 Å². The first-order valence-corrected chi connectivity index (χ1v) is 5.51. The van der Waals surface area contributed by atoms with Crippen LogP contribution in [0.25, 0.3) is 20.4 Å². The van der Waals surface area contributed by atoms with Crippen LogP contribution in [0.2, 0.25) is 0 Å². The van der Waals surface area contributed by atoms with Crippen LogP contribution in [0.15, 0.2) is 38.3 Å².